The van der Waals surface area contributed by atoms with Gasteiger partial charge in [-0.3, -0.25) is 4.90 Å². The van der Waals surface area contributed by atoms with Crippen molar-refractivity contribution in [3.8, 4) is 0 Å². The minimum absolute atomic E-state index is 0.333. The van der Waals surface area contributed by atoms with Crippen LogP contribution < -0.4 is 0 Å². The highest BCUT2D eigenvalue weighted by Gasteiger charge is 2.47. The first-order valence-electron chi connectivity index (χ1n) is 4.57. The first kappa shape index (κ1) is 9.36. The summed E-state index contributed by atoms with van der Waals surface area (Å²) in [6.45, 7) is 1.01. The van der Waals surface area contributed by atoms with Gasteiger partial charge in [0.2, 0.25) is 0 Å². The highest BCUT2D eigenvalue weighted by molar-refractivity contribution is 5.01. The van der Waals surface area contributed by atoms with Crippen molar-refractivity contribution >= 4 is 0 Å². The maximum Gasteiger partial charge on any atom is 0.109 e. The number of fused-ring (bicyclic) bond motifs is 1. The van der Waals surface area contributed by atoms with E-state index >= 15 is 0 Å². The van der Waals surface area contributed by atoms with E-state index in [-0.39, 0.29) is 0 Å². The first-order chi connectivity index (χ1) is 6.11. The van der Waals surface area contributed by atoms with Gasteiger partial charge in [-0.2, -0.15) is 0 Å². The molecule has 4 N–H and O–H groups in total. The predicted octanol–water partition coefficient (Wildman–Crippen LogP) is -2.48. The average molecular weight is 189 g/mol. The minimum atomic E-state index is -1.13. The Morgan fingerprint density at radius 1 is 0.923 bits per heavy atom. The second-order valence-electron chi connectivity index (χ2n) is 3.89. The summed E-state index contributed by atoms with van der Waals surface area (Å²) in [7, 11) is 0. The molecule has 76 valence electrons. The van der Waals surface area contributed by atoms with Crippen LogP contribution in [0.4, 0.5) is 0 Å². The number of aliphatic hydroxyl groups is 4. The van der Waals surface area contributed by atoms with Gasteiger partial charge in [0.25, 0.3) is 0 Å². The van der Waals surface area contributed by atoms with Crippen LogP contribution in [0.25, 0.3) is 0 Å². The predicted molar refractivity (Wildman–Crippen MR) is 44.0 cm³/mol. The molecule has 2 unspecified atom stereocenters. The van der Waals surface area contributed by atoms with E-state index in [1.807, 2.05) is 4.90 Å². The molecule has 5 atom stereocenters. The van der Waals surface area contributed by atoms with Crippen molar-refractivity contribution in [3.05, 3.63) is 0 Å². The summed E-state index contributed by atoms with van der Waals surface area (Å²) in [5.74, 6) is 0. The van der Waals surface area contributed by atoms with E-state index in [0.717, 1.165) is 0 Å². The molecule has 0 bridgehead atoms. The lowest BCUT2D eigenvalue weighted by Gasteiger charge is -2.40. The van der Waals surface area contributed by atoms with E-state index < -0.39 is 30.5 Å². The molecule has 0 aromatic carbocycles. The number of nitrogens with zero attached hydrogens (tertiary/aromatic N) is 1. The Hall–Kier alpha value is -0.200. The molecule has 0 aliphatic carbocycles. The molecule has 2 rings (SSSR count). The van der Waals surface area contributed by atoms with Crippen molar-refractivity contribution in [1.82, 2.24) is 4.90 Å². The second kappa shape index (κ2) is 3.18. The molecule has 2 saturated heterocycles. The molecule has 0 aromatic rings. The van der Waals surface area contributed by atoms with E-state index in [1.54, 1.807) is 0 Å². The zero-order valence-corrected chi connectivity index (χ0v) is 7.24. The minimum Gasteiger partial charge on any atom is -0.391 e. The number of piperidine rings is 1. The topological polar surface area (TPSA) is 84.2 Å². The van der Waals surface area contributed by atoms with Crippen molar-refractivity contribution in [1.29, 1.82) is 0 Å². The second-order valence-corrected chi connectivity index (χ2v) is 3.89. The zero-order chi connectivity index (χ0) is 9.59. The highest BCUT2D eigenvalue weighted by atomic mass is 16.4. The lowest BCUT2D eigenvalue weighted by atomic mass is 9.93. The Labute approximate surface area is 76.2 Å². The Balaban J connectivity index is 2.15. The molecule has 5 heteroatoms. The summed E-state index contributed by atoms with van der Waals surface area (Å²) >= 11 is 0. The molecular formula is C8H15NO4. The Morgan fingerprint density at radius 3 is 2.31 bits per heavy atom. The number of aliphatic hydroxyl groups excluding tert-OH is 4. The molecule has 2 aliphatic heterocycles. The van der Waals surface area contributed by atoms with Crippen LogP contribution >= 0.6 is 0 Å². The molecule has 13 heavy (non-hydrogen) atoms. The number of rotatable bonds is 0. The molecule has 2 fully saturated rings. The fourth-order valence-electron chi connectivity index (χ4n) is 2.30. The maximum atomic E-state index is 9.58. The average Bonchev–Trinajstić information content (AvgIpc) is 2.43. The quantitative estimate of drug-likeness (QED) is 0.339. The Kier molecular flexibility index (Phi) is 2.29. The Morgan fingerprint density at radius 2 is 1.62 bits per heavy atom. The SMILES string of the molecule is OC1[C@H](O)C2[C@@H](O)CCN2C[C@H]1O. The summed E-state index contributed by atoms with van der Waals surface area (Å²) in [4.78, 5) is 1.83. The van der Waals surface area contributed by atoms with Gasteiger partial charge in [-0.05, 0) is 6.42 Å². The van der Waals surface area contributed by atoms with Gasteiger partial charge in [0.1, 0.15) is 12.2 Å². The maximum absolute atomic E-state index is 9.58. The van der Waals surface area contributed by atoms with E-state index in [4.69, 9.17) is 0 Å². The number of hydrogen-bond acceptors (Lipinski definition) is 5. The molecule has 2 heterocycles. The van der Waals surface area contributed by atoms with Crippen LogP contribution in [0, 0.1) is 0 Å². The zero-order valence-electron chi connectivity index (χ0n) is 7.24. The molecule has 0 saturated carbocycles. The standard InChI is InChI=1S/C8H15NO4/c10-4-1-2-9-3-5(11)7(12)8(13)6(4)9/h4-8,10-13H,1-3H2/t4-,5+,6?,7?,8+/m0/s1. The summed E-state index contributed by atoms with van der Waals surface area (Å²) in [5.41, 5.74) is 0. The summed E-state index contributed by atoms with van der Waals surface area (Å²) in [5, 5.41) is 37.8. The van der Waals surface area contributed by atoms with Crippen LogP contribution in [0.5, 0.6) is 0 Å². The smallest absolute Gasteiger partial charge is 0.109 e. The fourth-order valence-corrected chi connectivity index (χ4v) is 2.30. The van der Waals surface area contributed by atoms with Gasteiger partial charge in [-0.15, -0.1) is 0 Å². The van der Waals surface area contributed by atoms with Gasteiger partial charge in [0.05, 0.1) is 18.2 Å². The van der Waals surface area contributed by atoms with Crippen LogP contribution in [0.1, 0.15) is 6.42 Å². The van der Waals surface area contributed by atoms with E-state index in [0.29, 0.717) is 19.5 Å². The molecule has 0 aromatic heterocycles. The molecule has 0 radical (unpaired) electrons. The largest absolute Gasteiger partial charge is 0.391 e. The highest BCUT2D eigenvalue weighted by Crippen LogP contribution is 2.27. The van der Waals surface area contributed by atoms with Crippen LogP contribution in [0.15, 0.2) is 0 Å². The van der Waals surface area contributed by atoms with Gasteiger partial charge in [0, 0.05) is 13.1 Å². The van der Waals surface area contributed by atoms with E-state index in [2.05, 4.69) is 0 Å². The fraction of sp³-hybridized carbons (Fsp3) is 1.00. The summed E-state index contributed by atoms with van der Waals surface area (Å²) < 4.78 is 0. The molecule has 2 aliphatic rings. The van der Waals surface area contributed by atoms with E-state index in [1.165, 1.54) is 0 Å². The third-order valence-corrected chi connectivity index (χ3v) is 3.04. The van der Waals surface area contributed by atoms with Crippen LogP contribution in [-0.2, 0) is 0 Å². The van der Waals surface area contributed by atoms with Gasteiger partial charge in [-0.1, -0.05) is 0 Å². The van der Waals surface area contributed by atoms with Crippen molar-refractivity contribution in [2.24, 2.45) is 0 Å². The van der Waals surface area contributed by atoms with E-state index in [9.17, 15) is 20.4 Å². The van der Waals surface area contributed by atoms with Gasteiger partial charge in [-0.25, -0.2) is 0 Å². The molecule has 0 spiro atoms. The monoisotopic (exact) mass is 189 g/mol. The summed E-state index contributed by atoms with van der Waals surface area (Å²) in [6.07, 6.45) is -3.06. The lowest BCUT2D eigenvalue weighted by Crippen LogP contribution is -2.61. The van der Waals surface area contributed by atoms with Crippen molar-refractivity contribution in [3.63, 3.8) is 0 Å². The van der Waals surface area contributed by atoms with Crippen LogP contribution in [0.3, 0.4) is 0 Å². The van der Waals surface area contributed by atoms with Gasteiger partial charge in [0.15, 0.2) is 0 Å². The van der Waals surface area contributed by atoms with Crippen LogP contribution in [-0.4, -0.2) is 68.9 Å². The number of hydrogen-bond donors (Lipinski definition) is 4. The van der Waals surface area contributed by atoms with Crippen molar-refractivity contribution < 1.29 is 20.4 Å². The third-order valence-electron chi connectivity index (χ3n) is 3.04. The molecular weight excluding hydrogens is 174 g/mol. The molecule has 5 nitrogen and oxygen atoms in total. The van der Waals surface area contributed by atoms with Gasteiger partial charge < -0.3 is 20.4 Å². The summed E-state index contributed by atoms with van der Waals surface area (Å²) in [6, 6.07) is -0.404. The molecule has 0 amide bonds. The van der Waals surface area contributed by atoms with Crippen molar-refractivity contribution in [2.45, 2.75) is 36.9 Å². The van der Waals surface area contributed by atoms with Crippen molar-refractivity contribution in [2.75, 3.05) is 13.1 Å². The third kappa shape index (κ3) is 1.37. The lowest BCUT2D eigenvalue weighted by molar-refractivity contribution is -0.140. The first-order valence-corrected chi connectivity index (χ1v) is 4.57. The Bertz CT molecular complexity index is 201. The normalized spacial score (nSPS) is 52.2. The van der Waals surface area contributed by atoms with Gasteiger partial charge >= 0.3 is 0 Å². The van der Waals surface area contributed by atoms with Crippen LogP contribution in [0.2, 0.25) is 0 Å².